The van der Waals surface area contributed by atoms with Gasteiger partial charge in [-0.25, -0.2) is 0 Å². The lowest BCUT2D eigenvalue weighted by molar-refractivity contribution is -0.169. The van der Waals surface area contributed by atoms with E-state index in [1.165, 1.54) is 57.8 Å². The summed E-state index contributed by atoms with van der Waals surface area (Å²) >= 11 is 0. The van der Waals surface area contributed by atoms with Crippen LogP contribution in [0.1, 0.15) is 90.9 Å². The third-order valence-corrected chi connectivity index (χ3v) is 3.61. The predicted octanol–water partition coefficient (Wildman–Crippen LogP) is 5.22. The summed E-state index contributed by atoms with van der Waals surface area (Å²) in [5, 5.41) is 0. The Morgan fingerprint density at radius 3 is 1.75 bits per heavy atom. The number of ether oxygens (including phenoxy) is 2. The van der Waals surface area contributed by atoms with Gasteiger partial charge in [-0.15, -0.1) is 0 Å². The van der Waals surface area contributed by atoms with Crippen molar-refractivity contribution in [1.82, 2.24) is 0 Å². The molecule has 0 aromatic heterocycles. The van der Waals surface area contributed by atoms with Crippen molar-refractivity contribution >= 4 is 5.97 Å². The molecule has 1 atom stereocenters. The number of carbonyl (C=O) groups is 1. The van der Waals surface area contributed by atoms with Crippen LogP contribution in [0.25, 0.3) is 0 Å². The first-order valence-corrected chi connectivity index (χ1v) is 8.43. The lowest BCUT2D eigenvalue weighted by atomic mass is 10.1. The standard InChI is InChI=1S/C17H34O3/c1-4-5-6-7-8-9-10-11-12-13-14-15-17(18)20-16(2)19-3/h16H,4-15H2,1-3H3. The van der Waals surface area contributed by atoms with E-state index in [1.54, 1.807) is 14.0 Å². The van der Waals surface area contributed by atoms with Gasteiger partial charge in [-0.3, -0.25) is 4.79 Å². The topological polar surface area (TPSA) is 35.5 Å². The number of methoxy groups -OCH3 is 1. The minimum atomic E-state index is -0.421. The number of hydrogen-bond donors (Lipinski definition) is 0. The van der Waals surface area contributed by atoms with Crippen molar-refractivity contribution in [3.63, 3.8) is 0 Å². The van der Waals surface area contributed by atoms with Gasteiger partial charge < -0.3 is 9.47 Å². The lowest BCUT2D eigenvalue weighted by Gasteiger charge is -2.10. The predicted molar refractivity (Wildman–Crippen MR) is 83.6 cm³/mol. The molecule has 0 aliphatic heterocycles. The minimum absolute atomic E-state index is 0.143. The molecule has 0 fully saturated rings. The summed E-state index contributed by atoms with van der Waals surface area (Å²) in [6.07, 6.45) is 14.3. The average molecular weight is 286 g/mol. The van der Waals surface area contributed by atoms with Gasteiger partial charge >= 0.3 is 5.97 Å². The van der Waals surface area contributed by atoms with Gasteiger partial charge in [-0.2, -0.15) is 0 Å². The van der Waals surface area contributed by atoms with Crippen LogP contribution >= 0.6 is 0 Å². The molecule has 0 bridgehead atoms. The second-order valence-corrected chi connectivity index (χ2v) is 5.58. The molecule has 0 aliphatic carbocycles. The Morgan fingerprint density at radius 2 is 1.30 bits per heavy atom. The third kappa shape index (κ3) is 13.9. The molecule has 0 saturated carbocycles. The third-order valence-electron chi connectivity index (χ3n) is 3.61. The summed E-state index contributed by atoms with van der Waals surface area (Å²) in [4.78, 5) is 11.4. The Morgan fingerprint density at radius 1 is 0.850 bits per heavy atom. The van der Waals surface area contributed by atoms with Crippen molar-refractivity contribution < 1.29 is 14.3 Å². The van der Waals surface area contributed by atoms with Gasteiger partial charge in [0.2, 0.25) is 0 Å². The van der Waals surface area contributed by atoms with E-state index in [2.05, 4.69) is 6.92 Å². The summed E-state index contributed by atoms with van der Waals surface area (Å²) in [5.74, 6) is -0.143. The van der Waals surface area contributed by atoms with E-state index in [1.807, 2.05) is 0 Å². The molecule has 1 unspecified atom stereocenters. The zero-order valence-corrected chi connectivity index (χ0v) is 13.8. The molecule has 3 nitrogen and oxygen atoms in total. The number of rotatable bonds is 14. The SMILES string of the molecule is CCCCCCCCCCCCCC(=O)OC(C)OC. The van der Waals surface area contributed by atoms with E-state index in [9.17, 15) is 4.79 Å². The number of carbonyl (C=O) groups excluding carboxylic acids is 1. The molecular formula is C17H34O3. The molecule has 0 heterocycles. The van der Waals surface area contributed by atoms with Crippen molar-refractivity contribution in [2.75, 3.05) is 7.11 Å². The first-order valence-electron chi connectivity index (χ1n) is 8.43. The van der Waals surface area contributed by atoms with Gasteiger partial charge in [0.25, 0.3) is 0 Å². The molecule has 0 aromatic rings. The first kappa shape index (κ1) is 19.4. The molecule has 0 aromatic carbocycles. The van der Waals surface area contributed by atoms with E-state index < -0.39 is 6.29 Å². The highest BCUT2D eigenvalue weighted by molar-refractivity contribution is 5.69. The molecular weight excluding hydrogens is 252 g/mol. The Bertz CT molecular complexity index is 216. The fourth-order valence-corrected chi connectivity index (χ4v) is 2.23. The Balaban J connectivity index is 3.14. The Kier molecular flexibility index (Phi) is 14.4. The molecule has 0 rings (SSSR count). The van der Waals surface area contributed by atoms with E-state index in [-0.39, 0.29) is 5.97 Å². The highest BCUT2D eigenvalue weighted by atomic mass is 16.7. The Hall–Kier alpha value is -0.570. The van der Waals surface area contributed by atoms with Gasteiger partial charge in [0, 0.05) is 13.5 Å². The highest BCUT2D eigenvalue weighted by Gasteiger charge is 2.07. The summed E-state index contributed by atoms with van der Waals surface area (Å²) < 4.78 is 9.91. The van der Waals surface area contributed by atoms with Crippen LogP contribution in [0.5, 0.6) is 0 Å². The van der Waals surface area contributed by atoms with Crippen LogP contribution in [0.3, 0.4) is 0 Å². The van der Waals surface area contributed by atoms with Crippen molar-refractivity contribution in [1.29, 1.82) is 0 Å². The number of esters is 1. The molecule has 0 radical (unpaired) electrons. The molecule has 0 N–H and O–H groups in total. The maximum Gasteiger partial charge on any atom is 0.308 e. The molecule has 20 heavy (non-hydrogen) atoms. The summed E-state index contributed by atoms with van der Waals surface area (Å²) in [6, 6.07) is 0. The smallest absolute Gasteiger partial charge is 0.308 e. The van der Waals surface area contributed by atoms with Crippen LogP contribution in [-0.2, 0) is 14.3 Å². The van der Waals surface area contributed by atoms with Crippen LogP contribution in [0.15, 0.2) is 0 Å². The highest BCUT2D eigenvalue weighted by Crippen LogP contribution is 2.12. The average Bonchev–Trinajstić information content (AvgIpc) is 2.44. The quantitative estimate of drug-likeness (QED) is 0.249. The van der Waals surface area contributed by atoms with Crippen LogP contribution in [0, 0.1) is 0 Å². The van der Waals surface area contributed by atoms with Gasteiger partial charge in [0.05, 0.1) is 0 Å². The van der Waals surface area contributed by atoms with Crippen LogP contribution in [0.2, 0.25) is 0 Å². The first-order chi connectivity index (χ1) is 9.70. The van der Waals surface area contributed by atoms with Crippen LogP contribution in [0.4, 0.5) is 0 Å². The minimum Gasteiger partial charge on any atom is -0.436 e. The largest absolute Gasteiger partial charge is 0.436 e. The summed E-state index contributed by atoms with van der Waals surface area (Å²) in [5.41, 5.74) is 0. The zero-order chi connectivity index (χ0) is 15.1. The van der Waals surface area contributed by atoms with Crippen molar-refractivity contribution in [3.8, 4) is 0 Å². The second-order valence-electron chi connectivity index (χ2n) is 5.58. The van der Waals surface area contributed by atoms with Crippen LogP contribution < -0.4 is 0 Å². The molecule has 3 heteroatoms. The van der Waals surface area contributed by atoms with Gasteiger partial charge in [0.1, 0.15) is 0 Å². The number of hydrogen-bond acceptors (Lipinski definition) is 3. The van der Waals surface area contributed by atoms with Gasteiger partial charge in [-0.05, 0) is 13.3 Å². The lowest BCUT2D eigenvalue weighted by Crippen LogP contribution is -2.16. The summed E-state index contributed by atoms with van der Waals surface area (Å²) in [7, 11) is 1.54. The van der Waals surface area contributed by atoms with Crippen molar-refractivity contribution in [3.05, 3.63) is 0 Å². The molecule has 0 amide bonds. The maximum absolute atomic E-state index is 11.4. The Labute approximate surface area is 125 Å². The van der Waals surface area contributed by atoms with E-state index >= 15 is 0 Å². The van der Waals surface area contributed by atoms with E-state index in [0.29, 0.717) is 6.42 Å². The molecule has 0 saturated heterocycles. The zero-order valence-electron chi connectivity index (χ0n) is 13.8. The molecule has 0 spiro atoms. The number of unbranched alkanes of at least 4 members (excludes halogenated alkanes) is 10. The normalized spacial score (nSPS) is 12.3. The van der Waals surface area contributed by atoms with Gasteiger partial charge in [-0.1, -0.05) is 71.1 Å². The monoisotopic (exact) mass is 286 g/mol. The second kappa shape index (κ2) is 14.8. The maximum atomic E-state index is 11.4. The van der Waals surface area contributed by atoms with Crippen molar-refractivity contribution in [2.24, 2.45) is 0 Å². The van der Waals surface area contributed by atoms with Gasteiger partial charge in [0.15, 0.2) is 6.29 Å². The fourth-order valence-electron chi connectivity index (χ4n) is 2.23. The fraction of sp³-hybridized carbons (Fsp3) is 0.941. The van der Waals surface area contributed by atoms with Crippen LogP contribution in [-0.4, -0.2) is 19.4 Å². The van der Waals surface area contributed by atoms with E-state index in [4.69, 9.17) is 9.47 Å². The van der Waals surface area contributed by atoms with Crippen molar-refractivity contribution in [2.45, 2.75) is 97.2 Å². The van der Waals surface area contributed by atoms with E-state index in [0.717, 1.165) is 12.8 Å². The molecule has 120 valence electrons. The molecule has 0 aliphatic rings. The summed E-state index contributed by atoms with van der Waals surface area (Å²) in [6.45, 7) is 3.99.